The van der Waals surface area contributed by atoms with E-state index in [1.165, 1.54) is 11.0 Å². The Bertz CT molecular complexity index is 1240. The summed E-state index contributed by atoms with van der Waals surface area (Å²) in [5.74, 6) is 0.197. The first kappa shape index (κ1) is 22.3. The van der Waals surface area contributed by atoms with Gasteiger partial charge in [0.15, 0.2) is 5.76 Å². The van der Waals surface area contributed by atoms with Crippen LogP contribution < -0.4 is 5.32 Å². The van der Waals surface area contributed by atoms with Gasteiger partial charge in [0.1, 0.15) is 0 Å². The second-order valence-electron chi connectivity index (χ2n) is 8.42. The van der Waals surface area contributed by atoms with Gasteiger partial charge in [-0.15, -0.1) is 11.3 Å². The number of hydrogen-bond donors (Lipinski definition) is 1. The van der Waals surface area contributed by atoms with Gasteiger partial charge in [0.25, 0.3) is 5.91 Å². The minimum atomic E-state index is -0.289. The van der Waals surface area contributed by atoms with Crippen molar-refractivity contribution in [2.45, 2.75) is 19.4 Å². The van der Waals surface area contributed by atoms with E-state index in [2.05, 4.69) is 16.3 Å². The van der Waals surface area contributed by atoms with Gasteiger partial charge in [0, 0.05) is 38.3 Å². The Balaban J connectivity index is 1.13. The summed E-state index contributed by atoms with van der Waals surface area (Å²) >= 11 is 1.71. The van der Waals surface area contributed by atoms with E-state index in [0.29, 0.717) is 31.9 Å². The zero-order chi connectivity index (χ0) is 23.5. The molecule has 8 heteroatoms. The highest BCUT2D eigenvalue weighted by Gasteiger charge is 2.28. The van der Waals surface area contributed by atoms with Gasteiger partial charge in [-0.05, 0) is 48.9 Å². The number of amides is 2. The van der Waals surface area contributed by atoms with Crippen molar-refractivity contribution in [3.8, 4) is 0 Å². The van der Waals surface area contributed by atoms with E-state index in [1.54, 1.807) is 28.4 Å². The molecule has 1 fully saturated rings. The number of nitrogens with one attached hydrogen (secondary N) is 1. The number of anilines is 1. The van der Waals surface area contributed by atoms with Crippen molar-refractivity contribution < 1.29 is 14.0 Å². The fourth-order valence-corrected chi connectivity index (χ4v) is 5.16. The molecule has 1 saturated heterocycles. The summed E-state index contributed by atoms with van der Waals surface area (Å²) in [7, 11) is 0. The third-order valence-electron chi connectivity index (χ3n) is 6.18. The van der Waals surface area contributed by atoms with Crippen molar-refractivity contribution in [3.05, 3.63) is 83.3 Å². The average molecular weight is 475 g/mol. The van der Waals surface area contributed by atoms with Crippen molar-refractivity contribution in [1.82, 2.24) is 14.8 Å². The minimum Gasteiger partial charge on any atom is -0.459 e. The molecule has 1 aliphatic rings. The van der Waals surface area contributed by atoms with Crippen LogP contribution in [-0.2, 0) is 11.2 Å². The van der Waals surface area contributed by atoms with Crippen LogP contribution in [0.5, 0.6) is 0 Å². The summed E-state index contributed by atoms with van der Waals surface area (Å²) in [6.07, 6.45) is 2.27. The molecule has 1 aliphatic heterocycles. The Hall–Kier alpha value is -3.49. The van der Waals surface area contributed by atoms with Gasteiger partial charge in [0.05, 0.1) is 27.5 Å². The van der Waals surface area contributed by atoms with Crippen LogP contribution in [0.25, 0.3) is 10.2 Å². The number of thiazole rings is 1. The Labute approximate surface area is 202 Å². The van der Waals surface area contributed by atoms with Crippen molar-refractivity contribution in [3.63, 3.8) is 0 Å². The number of para-hydroxylation sites is 1. The summed E-state index contributed by atoms with van der Waals surface area (Å²) in [6, 6.07) is 19.2. The molecule has 5 rings (SSSR count). The van der Waals surface area contributed by atoms with Crippen LogP contribution in [0.1, 0.15) is 28.0 Å². The van der Waals surface area contributed by atoms with Crippen LogP contribution in [0.3, 0.4) is 0 Å². The Kier molecular flexibility index (Phi) is 6.42. The number of hydrogen-bond acceptors (Lipinski definition) is 6. The molecule has 1 atom stereocenters. The van der Waals surface area contributed by atoms with Gasteiger partial charge in [0.2, 0.25) is 5.91 Å². The largest absolute Gasteiger partial charge is 0.459 e. The van der Waals surface area contributed by atoms with Gasteiger partial charge in [-0.25, -0.2) is 4.98 Å². The summed E-state index contributed by atoms with van der Waals surface area (Å²) in [4.78, 5) is 33.8. The van der Waals surface area contributed by atoms with Crippen molar-refractivity contribution in [2.75, 3.05) is 31.5 Å². The van der Waals surface area contributed by atoms with Crippen LogP contribution in [0.2, 0.25) is 0 Å². The van der Waals surface area contributed by atoms with Crippen molar-refractivity contribution in [1.29, 1.82) is 0 Å². The zero-order valence-corrected chi connectivity index (χ0v) is 19.8. The lowest BCUT2D eigenvalue weighted by molar-refractivity contribution is -0.121. The van der Waals surface area contributed by atoms with Crippen molar-refractivity contribution >= 4 is 39.1 Å². The molecule has 1 N–H and O–H groups in total. The molecule has 7 nitrogen and oxygen atoms in total. The fraction of sp³-hybridized carbons (Fsp3) is 0.269. The van der Waals surface area contributed by atoms with Gasteiger partial charge >= 0.3 is 0 Å². The Morgan fingerprint density at radius 1 is 1.03 bits per heavy atom. The first-order chi connectivity index (χ1) is 16.6. The smallest absolute Gasteiger partial charge is 0.289 e. The second kappa shape index (κ2) is 9.79. The number of furan rings is 1. The normalized spacial score (nSPS) is 15.4. The highest BCUT2D eigenvalue weighted by Crippen LogP contribution is 2.24. The van der Waals surface area contributed by atoms with E-state index in [-0.39, 0.29) is 17.9 Å². The number of aromatic nitrogens is 1. The molecule has 2 amide bonds. The minimum absolute atomic E-state index is 0.0512. The van der Waals surface area contributed by atoms with E-state index >= 15 is 0 Å². The lowest BCUT2D eigenvalue weighted by atomic mass is 10.1. The predicted octanol–water partition coefficient (Wildman–Crippen LogP) is 4.27. The lowest BCUT2D eigenvalue weighted by Crippen LogP contribution is -2.54. The molecular formula is C26H26N4O3S. The molecule has 0 saturated carbocycles. The molecular weight excluding hydrogens is 448 g/mol. The van der Waals surface area contributed by atoms with E-state index in [4.69, 9.17) is 9.40 Å². The summed E-state index contributed by atoms with van der Waals surface area (Å²) in [6.45, 7) is 4.32. The number of fused-ring (bicyclic) bond motifs is 1. The number of rotatable bonds is 6. The van der Waals surface area contributed by atoms with Gasteiger partial charge in [-0.1, -0.05) is 24.3 Å². The SMILES string of the molecule is CC(C(=O)Nc1ccc(Cc2nc3ccccc3s2)cc1)N1CCN(C(=O)c2ccco2)CC1. The van der Waals surface area contributed by atoms with Gasteiger partial charge < -0.3 is 14.6 Å². The molecule has 1 unspecified atom stereocenters. The molecule has 0 aliphatic carbocycles. The molecule has 0 bridgehead atoms. The molecule has 2 aromatic carbocycles. The number of piperazine rings is 1. The lowest BCUT2D eigenvalue weighted by Gasteiger charge is -2.37. The van der Waals surface area contributed by atoms with Crippen LogP contribution in [-0.4, -0.2) is 58.8 Å². The highest BCUT2D eigenvalue weighted by molar-refractivity contribution is 7.18. The molecule has 2 aromatic heterocycles. The number of carbonyl (C=O) groups is 2. The predicted molar refractivity (Wildman–Crippen MR) is 133 cm³/mol. The quantitative estimate of drug-likeness (QED) is 0.452. The van der Waals surface area contributed by atoms with Gasteiger partial charge in [-0.3, -0.25) is 14.5 Å². The van der Waals surface area contributed by atoms with Crippen LogP contribution in [0, 0.1) is 0 Å². The van der Waals surface area contributed by atoms with Gasteiger partial charge in [-0.2, -0.15) is 0 Å². The van der Waals surface area contributed by atoms with E-state index in [9.17, 15) is 9.59 Å². The van der Waals surface area contributed by atoms with Crippen LogP contribution >= 0.6 is 11.3 Å². The molecule has 3 heterocycles. The van der Waals surface area contributed by atoms with Crippen LogP contribution in [0.4, 0.5) is 5.69 Å². The monoisotopic (exact) mass is 474 g/mol. The third kappa shape index (κ3) is 4.88. The first-order valence-electron chi connectivity index (χ1n) is 11.4. The van der Waals surface area contributed by atoms with E-state index < -0.39 is 0 Å². The molecule has 174 valence electrons. The van der Waals surface area contributed by atoms with Crippen LogP contribution in [0.15, 0.2) is 71.3 Å². The van der Waals surface area contributed by atoms with Crippen molar-refractivity contribution in [2.24, 2.45) is 0 Å². The highest BCUT2D eigenvalue weighted by atomic mass is 32.1. The molecule has 4 aromatic rings. The Morgan fingerprint density at radius 2 is 1.79 bits per heavy atom. The molecule has 34 heavy (non-hydrogen) atoms. The number of nitrogens with zero attached hydrogens (tertiary/aromatic N) is 3. The zero-order valence-electron chi connectivity index (χ0n) is 18.9. The fourth-order valence-electron chi connectivity index (χ4n) is 4.16. The average Bonchev–Trinajstić information content (AvgIpc) is 3.54. The number of carbonyl (C=O) groups excluding carboxylic acids is 2. The standard InChI is InChI=1S/C26H26N4O3S/c1-18(29-12-14-30(15-13-29)26(32)22-6-4-16-33-22)25(31)27-20-10-8-19(9-11-20)17-24-28-21-5-2-3-7-23(21)34-24/h2-11,16,18H,12-15,17H2,1H3,(H,27,31). The third-order valence-corrected chi connectivity index (χ3v) is 7.21. The maximum Gasteiger partial charge on any atom is 0.289 e. The first-order valence-corrected chi connectivity index (χ1v) is 12.2. The summed E-state index contributed by atoms with van der Waals surface area (Å²) in [5.41, 5.74) is 2.96. The molecule has 0 radical (unpaired) electrons. The van der Waals surface area contributed by atoms with E-state index in [1.807, 2.05) is 49.4 Å². The second-order valence-corrected chi connectivity index (χ2v) is 9.53. The number of benzene rings is 2. The topological polar surface area (TPSA) is 78.7 Å². The Morgan fingerprint density at radius 3 is 2.50 bits per heavy atom. The maximum absolute atomic E-state index is 12.8. The maximum atomic E-state index is 12.8. The van der Waals surface area contributed by atoms with E-state index in [0.717, 1.165) is 28.2 Å². The molecule has 0 spiro atoms. The summed E-state index contributed by atoms with van der Waals surface area (Å²) < 4.78 is 6.41. The summed E-state index contributed by atoms with van der Waals surface area (Å²) in [5, 5.41) is 4.10.